The molecule has 4 nitrogen and oxygen atoms in total. The third kappa shape index (κ3) is 1.27. The van der Waals surface area contributed by atoms with Gasteiger partial charge in [0.15, 0.2) is 5.65 Å². The fourth-order valence-electron chi connectivity index (χ4n) is 1.78. The van der Waals surface area contributed by atoms with Crippen molar-refractivity contribution in [3.05, 3.63) is 23.9 Å². The lowest BCUT2D eigenvalue weighted by atomic mass is 9.91. The van der Waals surface area contributed by atoms with E-state index in [9.17, 15) is 0 Å². The maximum Gasteiger partial charge on any atom is 0.172 e. The van der Waals surface area contributed by atoms with Crippen LogP contribution in [0.3, 0.4) is 0 Å². The van der Waals surface area contributed by atoms with Crippen molar-refractivity contribution in [1.82, 2.24) is 19.6 Å². The molecule has 0 aromatic carbocycles. The number of nitrogens with zero attached hydrogens (tertiary/aromatic N) is 4. The second-order valence-electron chi connectivity index (χ2n) is 4.47. The topological polar surface area (TPSA) is 43.1 Å². The Balaban J connectivity index is 2.81. The van der Waals surface area contributed by atoms with Crippen LogP contribution in [0.2, 0.25) is 0 Å². The molecule has 0 radical (unpaired) electrons. The van der Waals surface area contributed by atoms with Crippen LogP contribution in [0.25, 0.3) is 5.65 Å². The number of aromatic nitrogens is 4. The third-order valence-corrected chi connectivity index (χ3v) is 2.19. The lowest BCUT2D eigenvalue weighted by molar-refractivity contribution is 0.545. The molecule has 0 aliphatic rings. The third-order valence-electron chi connectivity index (χ3n) is 2.19. The summed E-state index contributed by atoms with van der Waals surface area (Å²) in [6, 6.07) is 0. The number of fused-ring (bicyclic) bond motifs is 1. The predicted octanol–water partition coefficient (Wildman–Crippen LogP) is 1.73. The number of imidazole rings is 1. The lowest BCUT2D eigenvalue weighted by Crippen LogP contribution is -2.16. The molecule has 0 amide bonds. The number of hydrogen-bond donors (Lipinski definition) is 0. The molecular weight excluding hydrogens is 176 g/mol. The maximum atomic E-state index is 4.42. The van der Waals surface area contributed by atoms with Gasteiger partial charge in [-0.15, -0.1) is 0 Å². The van der Waals surface area contributed by atoms with Gasteiger partial charge in [0.05, 0.1) is 17.6 Å². The summed E-state index contributed by atoms with van der Waals surface area (Å²) >= 11 is 0. The molecule has 0 unspecified atom stereocenters. The summed E-state index contributed by atoms with van der Waals surface area (Å²) in [7, 11) is 0. The molecule has 2 aromatic rings. The summed E-state index contributed by atoms with van der Waals surface area (Å²) in [5.74, 6) is 0. The second-order valence-corrected chi connectivity index (χ2v) is 4.47. The van der Waals surface area contributed by atoms with Crippen LogP contribution in [0.1, 0.15) is 32.2 Å². The molecule has 74 valence electrons. The van der Waals surface area contributed by atoms with Crippen molar-refractivity contribution >= 4 is 5.65 Å². The number of rotatable bonds is 0. The number of aryl methyl sites for hydroxylation is 1. The van der Waals surface area contributed by atoms with Crippen molar-refractivity contribution in [1.29, 1.82) is 0 Å². The van der Waals surface area contributed by atoms with Gasteiger partial charge in [0.25, 0.3) is 0 Å². The lowest BCUT2D eigenvalue weighted by Gasteiger charge is -2.17. The van der Waals surface area contributed by atoms with Gasteiger partial charge in [0, 0.05) is 5.41 Å². The van der Waals surface area contributed by atoms with Crippen molar-refractivity contribution < 1.29 is 0 Å². The van der Waals surface area contributed by atoms with E-state index in [1.165, 1.54) is 0 Å². The van der Waals surface area contributed by atoms with Gasteiger partial charge >= 0.3 is 0 Å². The minimum absolute atomic E-state index is 0.0534. The van der Waals surface area contributed by atoms with E-state index >= 15 is 0 Å². The van der Waals surface area contributed by atoms with E-state index in [4.69, 9.17) is 0 Å². The molecule has 14 heavy (non-hydrogen) atoms. The highest BCUT2D eigenvalue weighted by atomic mass is 15.3. The largest absolute Gasteiger partial charge is 0.239 e. The maximum absolute atomic E-state index is 4.42. The van der Waals surface area contributed by atoms with Crippen LogP contribution in [-0.4, -0.2) is 19.6 Å². The first kappa shape index (κ1) is 9.12. The quantitative estimate of drug-likeness (QED) is 0.635. The SMILES string of the molecule is Cc1nc2cncnn2c1C(C)(C)C. The molecule has 2 heterocycles. The average Bonchev–Trinajstić information content (AvgIpc) is 2.38. The van der Waals surface area contributed by atoms with Gasteiger partial charge in [0.1, 0.15) is 6.33 Å². The van der Waals surface area contributed by atoms with Gasteiger partial charge in [-0.05, 0) is 6.92 Å². The molecule has 0 N–H and O–H groups in total. The van der Waals surface area contributed by atoms with Crippen molar-refractivity contribution in [2.24, 2.45) is 0 Å². The van der Waals surface area contributed by atoms with Gasteiger partial charge in [-0.25, -0.2) is 14.5 Å². The minimum atomic E-state index is 0.0534. The fraction of sp³-hybridized carbons (Fsp3) is 0.500. The highest BCUT2D eigenvalue weighted by Crippen LogP contribution is 2.25. The normalized spacial score (nSPS) is 12.3. The molecule has 0 spiro atoms. The van der Waals surface area contributed by atoms with E-state index in [0.29, 0.717) is 0 Å². The smallest absolute Gasteiger partial charge is 0.172 e. The Labute approximate surface area is 83.0 Å². The molecule has 2 aromatic heterocycles. The van der Waals surface area contributed by atoms with Crippen LogP contribution in [-0.2, 0) is 5.41 Å². The highest BCUT2D eigenvalue weighted by Gasteiger charge is 2.22. The summed E-state index contributed by atoms with van der Waals surface area (Å²) in [5.41, 5.74) is 3.04. The van der Waals surface area contributed by atoms with Crippen LogP contribution in [0.4, 0.5) is 0 Å². The standard InChI is InChI=1S/C10H14N4/c1-7-9(10(2,3)4)14-8(13-7)5-11-6-12-14/h5-6H,1-4H3. The van der Waals surface area contributed by atoms with E-state index in [0.717, 1.165) is 17.0 Å². The number of hydrogen-bond acceptors (Lipinski definition) is 3. The minimum Gasteiger partial charge on any atom is -0.239 e. The van der Waals surface area contributed by atoms with E-state index < -0.39 is 0 Å². The predicted molar refractivity (Wildman–Crippen MR) is 54.2 cm³/mol. The van der Waals surface area contributed by atoms with Gasteiger partial charge in [-0.3, -0.25) is 0 Å². The van der Waals surface area contributed by atoms with E-state index in [-0.39, 0.29) is 5.41 Å². The molecule has 0 saturated heterocycles. The van der Waals surface area contributed by atoms with Gasteiger partial charge < -0.3 is 0 Å². The van der Waals surface area contributed by atoms with Crippen molar-refractivity contribution in [2.75, 3.05) is 0 Å². The van der Waals surface area contributed by atoms with Gasteiger partial charge in [0.2, 0.25) is 0 Å². The van der Waals surface area contributed by atoms with Crippen molar-refractivity contribution in [3.8, 4) is 0 Å². The van der Waals surface area contributed by atoms with Crippen LogP contribution in [0.15, 0.2) is 12.5 Å². The van der Waals surface area contributed by atoms with Crippen molar-refractivity contribution in [3.63, 3.8) is 0 Å². The first-order valence-corrected chi connectivity index (χ1v) is 4.66. The summed E-state index contributed by atoms with van der Waals surface area (Å²) in [6.07, 6.45) is 3.28. The van der Waals surface area contributed by atoms with Gasteiger partial charge in [-0.1, -0.05) is 20.8 Å². The molecule has 0 atom stereocenters. The molecule has 0 aliphatic heterocycles. The van der Waals surface area contributed by atoms with Crippen LogP contribution >= 0.6 is 0 Å². The fourth-order valence-corrected chi connectivity index (χ4v) is 1.78. The Bertz CT molecular complexity index is 464. The first-order chi connectivity index (χ1) is 6.50. The second kappa shape index (κ2) is 2.77. The summed E-state index contributed by atoms with van der Waals surface area (Å²) < 4.78 is 1.86. The molecule has 0 fully saturated rings. The Kier molecular flexibility index (Phi) is 1.80. The van der Waals surface area contributed by atoms with E-state index in [1.54, 1.807) is 12.5 Å². The molecule has 4 heteroatoms. The molecule has 0 aliphatic carbocycles. The molecule has 2 rings (SSSR count). The zero-order chi connectivity index (χ0) is 10.3. The monoisotopic (exact) mass is 190 g/mol. The summed E-state index contributed by atoms with van der Waals surface area (Å²) in [4.78, 5) is 8.37. The highest BCUT2D eigenvalue weighted by molar-refractivity contribution is 5.40. The van der Waals surface area contributed by atoms with Crippen LogP contribution < -0.4 is 0 Å². The van der Waals surface area contributed by atoms with Gasteiger partial charge in [-0.2, -0.15) is 5.10 Å². The van der Waals surface area contributed by atoms with Crippen molar-refractivity contribution in [2.45, 2.75) is 33.1 Å². The zero-order valence-electron chi connectivity index (χ0n) is 8.94. The van der Waals surface area contributed by atoms with Crippen LogP contribution in [0.5, 0.6) is 0 Å². The van der Waals surface area contributed by atoms with E-state index in [1.807, 2.05) is 11.4 Å². The Morgan fingerprint density at radius 1 is 1.29 bits per heavy atom. The Hall–Kier alpha value is -1.45. The summed E-state index contributed by atoms with van der Waals surface area (Å²) in [6.45, 7) is 8.48. The first-order valence-electron chi connectivity index (χ1n) is 4.66. The molecule has 0 saturated carbocycles. The van der Waals surface area contributed by atoms with E-state index in [2.05, 4.69) is 35.8 Å². The average molecular weight is 190 g/mol. The summed E-state index contributed by atoms with van der Waals surface area (Å²) in [5, 5.41) is 4.21. The molecule has 0 bridgehead atoms. The molecular formula is C10H14N4. The Morgan fingerprint density at radius 3 is 2.64 bits per heavy atom. The Morgan fingerprint density at radius 2 is 2.00 bits per heavy atom. The van der Waals surface area contributed by atoms with Crippen LogP contribution in [0, 0.1) is 6.92 Å². The zero-order valence-corrected chi connectivity index (χ0v) is 8.94.